The van der Waals surface area contributed by atoms with Gasteiger partial charge in [0.05, 0.1) is 10.7 Å². The molecule has 0 bridgehead atoms. The lowest BCUT2D eigenvalue weighted by Crippen LogP contribution is -2.21. The Hall–Kier alpha value is -1.23. The molecule has 5 heteroatoms. The standard InChI is InChI=1S/C15H17ClN2OS/c1-11-17-14(10-20-11)9-18(2)8-7-15(19)12-3-5-13(16)6-4-12/h3-6,10H,7-9H2,1-2H3. The largest absolute Gasteiger partial charge is 0.300 e. The van der Waals surface area contributed by atoms with E-state index in [9.17, 15) is 4.79 Å². The molecule has 0 unspecified atom stereocenters. The summed E-state index contributed by atoms with van der Waals surface area (Å²) in [5, 5.41) is 3.79. The van der Waals surface area contributed by atoms with E-state index in [-0.39, 0.29) is 5.78 Å². The molecule has 20 heavy (non-hydrogen) atoms. The lowest BCUT2D eigenvalue weighted by Gasteiger charge is -2.14. The van der Waals surface area contributed by atoms with E-state index in [1.807, 2.05) is 14.0 Å². The second-order valence-corrected chi connectivity index (χ2v) is 6.27. The average molecular weight is 309 g/mol. The first-order valence-electron chi connectivity index (χ1n) is 6.43. The molecule has 0 spiro atoms. The number of rotatable bonds is 6. The molecule has 0 saturated carbocycles. The van der Waals surface area contributed by atoms with Gasteiger partial charge in [-0.3, -0.25) is 4.79 Å². The molecule has 3 nitrogen and oxygen atoms in total. The summed E-state index contributed by atoms with van der Waals surface area (Å²) in [6.07, 6.45) is 0.501. The van der Waals surface area contributed by atoms with E-state index in [0.717, 1.165) is 23.8 Å². The van der Waals surface area contributed by atoms with Gasteiger partial charge in [0.1, 0.15) is 0 Å². The zero-order valence-corrected chi connectivity index (χ0v) is 13.2. The van der Waals surface area contributed by atoms with Crippen molar-refractivity contribution in [1.82, 2.24) is 9.88 Å². The van der Waals surface area contributed by atoms with Crippen LogP contribution in [-0.4, -0.2) is 29.3 Å². The molecule has 0 radical (unpaired) electrons. The number of Topliss-reactive ketones (excluding diaryl/α,β-unsaturated/α-hetero) is 1. The molecule has 1 heterocycles. The fourth-order valence-electron chi connectivity index (χ4n) is 1.91. The first-order valence-corrected chi connectivity index (χ1v) is 7.68. The van der Waals surface area contributed by atoms with E-state index in [2.05, 4.69) is 15.3 Å². The molecule has 0 aliphatic rings. The molecular weight excluding hydrogens is 292 g/mol. The Bertz CT molecular complexity index is 580. The molecule has 0 aliphatic carbocycles. The summed E-state index contributed by atoms with van der Waals surface area (Å²) < 4.78 is 0. The monoisotopic (exact) mass is 308 g/mol. The van der Waals surface area contributed by atoms with Gasteiger partial charge in [-0.05, 0) is 38.2 Å². The minimum Gasteiger partial charge on any atom is -0.300 e. The summed E-state index contributed by atoms with van der Waals surface area (Å²) in [4.78, 5) is 18.6. The van der Waals surface area contributed by atoms with Crippen molar-refractivity contribution >= 4 is 28.7 Å². The van der Waals surface area contributed by atoms with Crippen LogP contribution in [-0.2, 0) is 6.54 Å². The second kappa shape index (κ2) is 6.97. The molecule has 0 N–H and O–H groups in total. The maximum Gasteiger partial charge on any atom is 0.164 e. The Balaban J connectivity index is 1.82. The number of thiazole rings is 1. The third-order valence-electron chi connectivity index (χ3n) is 2.99. The van der Waals surface area contributed by atoms with E-state index in [1.54, 1.807) is 35.6 Å². The van der Waals surface area contributed by atoms with Gasteiger partial charge in [0.25, 0.3) is 0 Å². The third-order valence-corrected chi connectivity index (χ3v) is 4.06. The first kappa shape index (κ1) is 15.2. The number of hydrogen-bond acceptors (Lipinski definition) is 4. The van der Waals surface area contributed by atoms with Crippen molar-refractivity contribution in [2.75, 3.05) is 13.6 Å². The molecule has 2 rings (SSSR count). The highest BCUT2D eigenvalue weighted by Crippen LogP contribution is 2.12. The smallest absolute Gasteiger partial charge is 0.164 e. The van der Waals surface area contributed by atoms with E-state index in [0.29, 0.717) is 17.0 Å². The van der Waals surface area contributed by atoms with Gasteiger partial charge in [-0.25, -0.2) is 4.98 Å². The molecule has 0 saturated heterocycles. The van der Waals surface area contributed by atoms with Gasteiger partial charge in [0.15, 0.2) is 5.78 Å². The quantitative estimate of drug-likeness (QED) is 0.761. The molecule has 1 aromatic heterocycles. The van der Waals surface area contributed by atoms with Gasteiger partial charge in [-0.15, -0.1) is 11.3 Å². The van der Waals surface area contributed by atoms with E-state index < -0.39 is 0 Å². The molecular formula is C15H17ClN2OS. The lowest BCUT2D eigenvalue weighted by molar-refractivity contribution is 0.0967. The zero-order chi connectivity index (χ0) is 14.5. The van der Waals surface area contributed by atoms with Gasteiger partial charge >= 0.3 is 0 Å². The van der Waals surface area contributed by atoms with Gasteiger partial charge in [-0.2, -0.15) is 0 Å². The number of ketones is 1. The van der Waals surface area contributed by atoms with Gasteiger partial charge in [0.2, 0.25) is 0 Å². The van der Waals surface area contributed by atoms with Crippen LogP contribution in [0.15, 0.2) is 29.6 Å². The number of carbonyl (C=O) groups excluding carboxylic acids is 1. The predicted octanol–water partition coefficient (Wildman–Crippen LogP) is 3.81. The summed E-state index contributed by atoms with van der Waals surface area (Å²) in [5.74, 6) is 0.142. The Morgan fingerprint density at radius 3 is 2.65 bits per heavy atom. The number of halogens is 1. The number of benzene rings is 1. The van der Waals surface area contributed by atoms with Crippen LogP contribution in [0.2, 0.25) is 5.02 Å². The fraction of sp³-hybridized carbons (Fsp3) is 0.333. The van der Waals surface area contributed by atoms with Crippen molar-refractivity contribution in [2.45, 2.75) is 19.9 Å². The maximum absolute atomic E-state index is 12.0. The van der Waals surface area contributed by atoms with Crippen LogP contribution >= 0.6 is 22.9 Å². The van der Waals surface area contributed by atoms with Crippen LogP contribution in [0.5, 0.6) is 0 Å². The fourth-order valence-corrected chi connectivity index (χ4v) is 2.64. The summed E-state index contributed by atoms with van der Waals surface area (Å²) in [6.45, 7) is 3.49. The first-order chi connectivity index (χ1) is 9.54. The summed E-state index contributed by atoms with van der Waals surface area (Å²) in [6, 6.07) is 7.04. The van der Waals surface area contributed by atoms with E-state index in [4.69, 9.17) is 11.6 Å². The number of carbonyl (C=O) groups is 1. The summed E-state index contributed by atoms with van der Waals surface area (Å²) >= 11 is 7.46. The van der Waals surface area contributed by atoms with Crippen LogP contribution in [0.25, 0.3) is 0 Å². The van der Waals surface area contributed by atoms with E-state index in [1.165, 1.54) is 0 Å². The van der Waals surface area contributed by atoms with Crippen molar-refractivity contribution in [3.8, 4) is 0 Å². The Kier molecular flexibility index (Phi) is 5.29. The minimum atomic E-state index is 0.142. The Morgan fingerprint density at radius 1 is 1.35 bits per heavy atom. The van der Waals surface area contributed by atoms with Crippen molar-refractivity contribution in [2.24, 2.45) is 0 Å². The van der Waals surface area contributed by atoms with Crippen molar-refractivity contribution < 1.29 is 4.79 Å². The predicted molar refractivity (Wildman–Crippen MR) is 83.6 cm³/mol. The van der Waals surface area contributed by atoms with Crippen LogP contribution in [0.1, 0.15) is 27.5 Å². The molecule has 106 valence electrons. The molecule has 0 atom stereocenters. The number of aromatic nitrogens is 1. The molecule has 0 fully saturated rings. The molecule has 1 aromatic carbocycles. The topological polar surface area (TPSA) is 33.2 Å². The highest BCUT2D eigenvalue weighted by molar-refractivity contribution is 7.09. The van der Waals surface area contributed by atoms with E-state index >= 15 is 0 Å². The third kappa shape index (κ3) is 4.40. The number of aryl methyl sites for hydroxylation is 1. The minimum absolute atomic E-state index is 0.142. The van der Waals surface area contributed by atoms with Crippen LogP contribution in [0.4, 0.5) is 0 Å². The maximum atomic E-state index is 12.0. The normalized spacial score (nSPS) is 11.0. The van der Waals surface area contributed by atoms with Crippen molar-refractivity contribution in [3.63, 3.8) is 0 Å². The highest BCUT2D eigenvalue weighted by atomic mass is 35.5. The zero-order valence-electron chi connectivity index (χ0n) is 11.6. The highest BCUT2D eigenvalue weighted by Gasteiger charge is 2.09. The van der Waals surface area contributed by atoms with Crippen LogP contribution in [0, 0.1) is 6.92 Å². The van der Waals surface area contributed by atoms with Crippen molar-refractivity contribution in [1.29, 1.82) is 0 Å². The Morgan fingerprint density at radius 2 is 2.05 bits per heavy atom. The molecule has 0 amide bonds. The SMILES string of the molecule is Cc1nc(CN(C)CCC(=O)c2ccc(Cl)cc2)cs1. The van der Waals surface area contributed by atoms with Crippen LogP contribution < -0.4 is 0 Å². The van der Waals surface area contributed by atoms with Crippen molar-refractivity contribution in [3.05, 3.63) is 50.9 Å². The number of nitrogens with zero attached hydrogens (tertiary/aromatic N) is 2. The summed E-state index contributed by atoms with van der Waals surface area (Å²) in [5.41, 5.74) is 1.78. The molecule has 2 aromatic rings. The second-order valence-electron chi connectivity index (χ2n) is 4.78. The summed E-state index contributed by atoms with van der Waals surface area (Å²) in [7, 11) is 2.00. The number of hydrogen-bond donors (Lipinski definition) is 0. The van der Waals surface area contributed by atoms with Crippen LogP contribution in [0.3, 0.4) is 0 Å². The van der Waals surface area contributed by atoms with Gasteiger partial charge in [0, 0.05) is 35.5 Å². The van der Waals surface area contributed by atoms with Gasteiger partial charge in [-0.1, -0.05) is 11.6 Å². The molecule has 0 aliphatic heterocycles. The lowest BCUT2D eigenvalue weighted by atomic mass is 10.1. The Labute approximate surface area is 128 Å². The van der Waals surface area contributed by atoms with Gasteiger partial charge < -0.3 is 4.90 Å². The average Bonchev–Trinajstić information content (AvgIpc) is 2.82.